The van der Waals surface area contributed by atoms with Gasteiger partial charge in [-0.1, -0.05) is 23.2 Å². The summed E-state index contributed by atoms with van der Waals surface area (Å²) in [6.45, 7) is 1.56. The van der Waals surface area contributed by atoms with Crippen LogP contribution in [0.5, 0.6) is 0 Å². The van der Waals surface area contributed by atoms with Crippen molar-refractivity contribution in [1.29, 1.82) is 0 Å². The molecule has 1 atom stereocenters. The first-order valence-corrected chi connectivity index (χ1v) is 6.69. The number of aliphatic hydroxyl groups excluding tert-OH is 1. The van der Waals surface area contributed by atoms with Crippen molar-refractivity contribution in [3.05, 3.63) is 40.0 Å². The average Bonchev–Trinajstić information content (AvgIpc) is 2.87. The van der Waals surface area contributed by atoms with Crippen molar-refractivity contribution in [1.82, 2.24) is 15.5 Å². The summed E-state index contributed by atoms with van der Waals surface area (Å²) >= 11 is 12.0. The van der Waals surface area contributed by atoms with Gasteiger partial charge in [-0.3, -0.25) is 9.89 Å². The van der Waals surface area contributed by atoms with E-state index in [1.165, 1.54) is 6.20 Å². The smallest absolute Gasteiger partial charge is 0.255 e. The second-order valence-corrected chi connectivity index (χ2v) is 5.18. The third-order valence-electron chi connectivity index (χ3n) is 2.74. The molecule has 0 aliphatic rings. The lowest BCUT2D eigenvalue weighted by Crippen LogP contribution is -2.35. The molecule has 0 spiro atoms. The molecule has 0 saturated heterocycles. The van der Waals surface area contributed by atoms with Crippen LogP contribution in [-0.4, -0.2) is 33.9 Å². The van der Waals surface area contributed by atoms with Crippen LogP contribution in [0.4, 0.5) is 0 Å². The fraction of sp³-hybridized carbons (Fsp3) is 0.231. The predicted molar refractivity (Wildman–Crippen MR) is 78.1 cm³/mol. The number of H-pyrrole nitrogens is 1. The summed E-state index contributed by atoms with van der Waals surface area (Å²) in [6.07, 6.45) is 1.42. The zero-order chi connectivity index (χ0) is 14.7. The minimum absolute atomic E-state index is 0.138. The van der Waals surface area contributed by atoms with E-state index in [0.29, 0.717) is 26.9 Å². The maximum atomic E-state index is 12.1. The van der Waals surface area contributed by atoms with Crippen molar-refractivity contribution < 1.29 is 9.90 Å². The third kappa shape index (κ3) is 3.12. The van der Waals surface area contributed by atoms with Crippen LogP contribution in [0.2, 0.25) is 10.0 Å². The van der Waals surface area contributed by atoms with Crippen LogP contribution in [0, 0.1) is 0 Å². The Hall–Kier alpha value is -1.56. The average molecular weight is 314 g/mol. The maximum absolute atomic E-state index is 12.1. The number of nitrogens with one attached hydrogen (secondary N) is 2. The van der Waals surface area contributed by atoms with Gasteiger partial charge in [-0.2, -0.15) is 5.10 Å². The van der Waals surface area contributed by atoms with E-state index >= 15 is 0 Å². The van der Waals surface area contributed by atoms with Crippen LogP contribution in [0.1, 0.15) is 17.3 Å². The fourth-order valence-corrected chi connectivity index (χ4v) is 2.21. The molecular weight excluding hydrogens is 301 g/mol. The molecule has 0 aliphatic heterocycles. The molecule has 2 aromatic rings. The van der Waals surface area contributed by atoms with E-state index in [1.807, 2.05) is 0 Å². The minimum atomic E-state index is -0.342. The quantitative estimate of drug-likeness (QED) is 0.811. The monoisotopic (exact) mass is 313 g/mol. The van der Waals surface area contributed by atoms with E-state index in [4.69, 9.17) is 28.3 Å². The van der Waals surface area contributed by atoms with Gasteiger partial charge in [0.15, 0.2) is 0 Å². The largest absolute Gasteiger partial charge is 0.394 e. The van der Waals surface area contributed by atoms with Crippen LogP contribution < -0.4 is 5.32 Å². The summed E-state index contributed by atoms with van der Waals surface area (Å²) in [5.41, 5.74) is 1.50. The van der Waals surface area contributed by atoms with Gasteiger partial charge in [0.25, 0.3) is 5.91 Å². The highest BCUT2D eigenvalue weighted by Gasteiger charge is 2.18. The van der Waals surface area contributed by atoms with Crippen LogP contribution in [0.3, 0.4) is 0 Å². The van der Waals surface area contributed by atoms with E-state index in [9.17, 15) is 4.79 Å². The van der Waals surface area contributed by atoms with Gasteiger partial charge in [0.1, 0.15) is 0 Å². The van der Waals surface area contributed by atoms with Crippen molar-refractivity contribution in [2.24, 2.45) is 0 Å². The van der Waals surface area contributed by atoms with Crippen LogP contribution in [0.25, 0.3) is 11.3 Å². The number of amides is 1. The van der Waals surface area contributed by atoms with Crippen molar-refractivity contribution in [3.8, 4) is 11.3 Å². The molecule has 0 bridgehead atoms. The number of hydrogen-bond acceptors (Lipinski definition) is 3. The lowest BCUT2D eigenvalue weighted by Gasteiger charge is -2.11. The molecule has 3 N–H and O–H groups in total. The number of rotatable bonds is 4. The third-order valence-corrected chi connectivity index (χ3v) is 3.28. The van der Waals surface area contributed by atoms with Crippen molar-refractivity contribution in [2.45, 2.75) is 13.0 Å². The summed E-state index contributed by atoms with van der Waals surface area (Å²) in [5, 5.41) is 19.2. The van der Waals surface area contributed by atoms with E-state index < -0.39 is 0 Å². The number of aromatic amines is 1. The topological polar surface area (TPSA) is 78.0 Å². The number of hydrogen-bond donors (Lipinski definition) is 3. The minimum Gasteiger partial charge on any atom is -0.394 e. The van der Waals surface area contributed by atoms with E-state index in [0.717, 1.165) is 0 Å². The van der Waals surface area contributed by atoms with E-state index in [-0.39, 0.29) is 18.6 Å². The Morgan fingerprint density at radius 2 is 2.25 bits per heavy atom. The maximum Gasteiger partial charge on any atom is 0.255 e. The molecule has 5 nitrogen and oxygen atoms in total. The molecular formula is C13H13Cl2N3O2. The first kappa shape index (κ1) is 14.8. The zero-order valence-corrected chi connectivity index (χ0v) is 12.2. The number of carbonyl (C=O) groups is 1. The van der Waals surface area contributed by atoms with Gasteiger partial charge in [0, 0.05) is 16.6 Å². The Morgan fingerprint density at radius 1 is 1.50 bits per heavy atom. The molecule has 20 heavy (non-hydrogen) atoms. The highest BCUT2D eigenvalue weighted by atomic mass is 35.5. The van der Waals surface area contributed by atoms with Gasteiger partial charge in [-0.05, 0) is 25.1 Å². The predicted octanol–water partition coefficient (Wildman–Crippen LogP) is 2.49. The van der Waals surface area contributed by atoms with Gasteiger partial charge in [-0.15, -0.1) is 0 Å². The van der Waals surface area contributed by atoms with Gasteiger partial charge >= 0.3 is 0 Å². The molecule has 2 rings (SSSR count). The lowest BCUT2D eigenvalue weighted by molar-refractivity contribution is 0.0923. The lowest BCUT2D eigenvalue weighted by atomic mass is 10.1. The summed E-state index contributed by atoms with van der Waals surface area (Å²) in [7, 11) is 0. The van der Waals surface area contributed by atoms with Gasteiger partial charge in [0.05, 0.1) is 29.1 Å². The molecule has 7 heteroatoms. The van der Waals surface area contributed by atoms with Gasteiger partial charge < -0.3 is 10.4 Å². The van der Waals surface area contributed by atoms with Crippen LogP contribution in [-0.2, 0) is 0 Å². The second-order valence-electron chi connectivity index (χ2n) is 4.34. The Kier molecular flexibility index (Phi) is 4.65. The molecule has 1 aromatic heterocycles. The molecule has 0 aliphatic carbocycles. The van der Waals surface area contributed by atoms with Gasteiger partial charge in [-0.25, -0.2) is 0 Å². The number of aromatic nitrogens is 2. The van der Waals surface area contributed by atoms with Crippen molar-refractivity contribution in [3.63, 3.8) is 0 Å². The number of halogens is 2. The fourth-order valence-electron chi connectivity index (χ4n) is 1.70. The summed E-state index contributed by atoms with van der Waals surface area (Å²) in [5.74, 6) is -0.332. The number of carbonyl (C=O) groups excluding carboxylic acids is 1. The first-order chi connectivity index (χ1) is 9.52. The second kappa shape index (κ2) is 6.26. The first-order valence-electron chi connectivity index (χ1n) is 5.93. The Morgan fingerprint density at radius 3 is 2.90 bits per heavy atom. The highest BCUT2D eigenvalue weighted by molar-refractivity contribution is 6.36. The molecule has 1 aromatic carbocycles. The molecule has 1 heterocycles. The normalized spacial score (nSPS) is 12.2. The van der Waals surface area contributed by atoms with Crippen LogP contribution in [0.15, 0.2) is 24.4 Å². The summed E-state index contributed by atoms with van der Waals surface area (Å²) in [6, 6.07) is 4.65. The van der Waals surface area contributed by atoms with Crippen molar-refractivity contribution in [2.75, 3.05) is 6.61 Å². The molecule has 1 amide bonds. The molecule has 106 valence electrons. The highest BCUT2D eigenvalue weighted by Crippen LogP contribution is 2.31. The van der Waals surface area contributed by atoms with Gasteiger partial charge in [0.2, 0.25) is 0 Å². The van der Waals surface area contributed by atoms with E-state index in [2.05, 4.69) is 15.5 Å². The Bertz CT molecular complexity index is 628. The standard InChI is InChI=1S/C13H13Cl2N3O2/c1-7(6-19)17-13(20)10-5-16-18-12(10)9-3-2-8(14)4-11(9)15/h2-5,7,19H,6H2,1H3,(H,16,18)(H,17,20)/t7-/m1/s1. The summed E-state index contributed by atoms with van der Waals surface area (Å²) in [4.78, 5) is 12.1. The molecule has 0 fully saturated rings. The number of aliphatic hydroxyl groups is 1. The Labute approximate surface area is 125 Å². The summed E-state index contributed by atoms with van der Waals surface area (Å²) < 4.78 is 0. The Balaban J connectivity index is 2.35. The molecule has 0 unspecified atom stereocenters. The number of nitrogens with zero attached hydrogens (tertiary/aromatic N) is 1. The molecule has 0 saturated carbocycles. The van der Waals surface area contributed by atoms with Crippen molar-refractivity contribution >= 4 is 29.1 Å². The van der Waals surface area contributed by atoms with Crippen LogP contribution >= 0.6 is 23.2 Å². The molecule has 0 radical (unpaired) electrons. The SMILES string of the molecule is C[C@H](CO)NC(=O)c1cn[nH]c1-c1ccc(Cl)cc1Cl. The number of benzene rings is 1. The zero-order valence-electron chi connectivity index (χ0n) is 10.7. The van der Waals surface area contributed by atoms with E-state index in [1.54, 1.807) is 25.1 Å².